The second-order valence-corrected chi connectivity index (χ2v) is 7.55. The van der Waals surface area contributed by atoms with Gasteiger partial charge < -0.3 is 19.1 Å². The number of amides is 1. The maximum Gasteiger partial charge on any atom is 0.312 e. The molecule has 2 saturated heterocycles. The summed E-state index contributed by atoms with van der Waals surface area (Å²) in [5.41, 5.74) is 0.0396. The molecule has 138 valence electrons. The monoisotopic (exact) mass is 357 g/mol. The van der Waals surface area contributed by atoms with Crippen molar-refractivity contribution >= 4 is 17.6 Å². The molecule has 1 aromatic rings. The van der Waals surface area contributed by atoms with Gasteiger partial charge in [0.2, 0.25) is 5.91 Å². The molecule has 0 saturated carbocycles. The van der Waals surface area contributed by atoms with Gasteiger partial charge in [0.15, 0.2) is 0 Å². The number of nitrogens with zero attached hydrogens (tertiary/aromatic N) is 1. The van der Waals surface area contributed by atoms with Gasteiger partial charge in [-0.2, -0.15) is 0 Å². The molecule has 1 aromatic carbocycles. The Labute approximate surface area is 152 Å². The number of hydrogen-bond acceptors (Lipinski definition) is 5. The Hall–Kier alpha value is -2.34. The van der Waals surface area contributed by atoms with Crippen LogP contribution in [0, 0.1) is 17.8 Å². The lowest BCUT2D eigenvalue weighted by Crippen LogP contribution is -2.40. The van der Waals surface area contributed by atoms with Crippen LogP contribution in [0.15, 0.2) is 36.4 Å². The summed E-state index contributed by atoms with van der Waals surface area (Å²) in [5.74, 6) is -0.559. The number of fused-ring (bicyclic) bond motifs is 1. The topological polar surface area (TPSA) is 65.1 Å². The van der Waals surface area contributed by atoms with Gasteiger partial charge in [-0.3, -0.25) is 9.59 Å². The molecule has 1 spiro atoms. The van der Waals surface area contributed by atoms with E-state index in [9.17, 15) is 9.59 Å². The van der Waals surface area contributed by atoms with E-state index < -0.39 is 17.4 Å². The lowest BCUT2D eigenvalue weighted by atomic mass is 9.77. The molecule has 0 radical (unpaired) electrons. The Bertz CT molecular complexity index is 756. The van der Waals surface area contributed by atoms with E-state index in [0.717, 1.165) is 11.4 Å². The number of ether oxygens (including phenoxy) is 3. The first-order valence-corrected chi connectivity index (χ1v) is 8.94. The number of rotatable bonds is 5. The Morgan fingerprint density at radius 3 is 2.73 bits per heavy atom. The van der Waals surface area contributed by atoms with Crippen LogP contribution in [0.2, 0.25) is 0 Å². The summed E-state index contributed by atoms with van der Waals surface area (Å²) in [4.78, 5) is 27.5. The van der Waals surface area contributed by atoms with Crippen molar-refractivity contribution in [2.75, 3.05) is 25.2 Å². The minimum Gasteiger partial charge on any atom is -0.497 e. The van der Waals surface area contributed by atoms with E-state index >= 15 is 0 Å². The van der Waals surface area contributed by atoms with Crippen LogP contribution in [0.5, 0.6) is 5.75 Å². The van der Waals surface area contributed by atoms with Gasteiger partial charge in [-0.25, -0.2) is 0 Å². The normalized spacial score (nSPS) is 31.6. The number of esters is 1. The van der Waals surface area contributed by atoms with Crippen LogP contribution in [0.25, 0.3) is 0 Å². The second kappa shape index (κ2) is 6.13. The summed E-state index contributed by atoms with van der Waals surface area (Å²) >= 11 is 0. The van der Waals surface area contributed by atoms with Crippen LogP contribution >= 0.6 is 0 Å². The number of anilines is 1. The summed E-state index contributed by atoms with van der Waals surface area (Å²) in [6.07, 6.45) is 3.46. The highest BCUT2D eigenvalue weighted by Gasteiger charge is 2.67. The van der Waals surface area contributed by atoms with Crippen LogP contribution < -0.4 is 9.64 Å². The molecule has 6 heteroatoms. The van der Waals surface area contributed by atoms with Crippen molar-refractivity contribution in [2.45, 2.75) is 25.6 Å². The minimum atomic E-state index is -0.733. The molecule has 2 bridgehead atoms. The van der Waals surface area contributed by atoms with Gasteiger partial charge in [0.25, 0.3) is 0 Å². The van der Waals surface area contributed by atoms with Gasteiger partial charge in [0.1, 0.15) is 17.3 Å². The molecule has 1 amide bonds. The average Bonchev–Trinajstić information content (AvgIpc) is 3.28. The second-order valence-electron chi connectivity index (χ2n) is 7.55. The van der Waals surface area contributed by atoms with Crippen molar-refractivity contribution in [3.8, 4) is 5.75 Å². The van der Waals surface area contributed by atoms with Gasteiger partial charge in [-0.15, -0.1) is 0 Å². The van der Waals surface area contributed by atoms with Gasteiger partial charge in [0, 0.05) is 5.69 Å². The van der Waals surface area contributed by atoms with E-state index in [0.29, 0.717) is 13.2 Å². The lowest BCUT2D eigenvalue weighted by Gasteiger charge is -2.23. The first-order valence-electron chi connectivity index (χ1n) is 8.94. The largest absolute Gasteiger partial charge is 0.497 e. The predicted molar refractivity (Wildman–Crippen MR) is 94.9 cm³/mol. The quantitative estimate of drug-likeness (QED) is 0.597. The SMILES string of the molecule is COc1ccc(N2CC34C=CC(O3)C(C(=O)OCC(C)C)C4C2=O)cc1. The maximum absolute atomic E-state index is 13.2. The van der Waals surface area contributed by atoms with Crippen molar-refractivity contribution < 1.29 is 23.8 Å². The predicted octanol–water partition coefficient (Wildman–Crippen LogP) is 2.18. The van der Waals surface area contributed by atoms with Crippen LogP contribution in [0.4, 0.5) is 5.69 Å². The Balaban J connectivity index is 1.59. The molecular formula is C20H23NO5. The van der Waals surface area contributed by atoms with E-state index in [2.05, 4.69) is 0 Å². The molecule has 0 N–H and O–H groups in total. The molecule has 3 aliphatic heterocycles. The molecule has 2 fully saturated rings. The van der Waals surface area contributed by atoms with Crippen molar-refractivity contribution in [1.29, 1.82) is 0 Å². The molecule has 3 aliphatic rings. The summed E-state index contributed by atoms with van der Waals surface area (Å²) in [7, 11) is 1.60. The van der Waals surface area contributed by atoms with Crippen molar-refractivity contribution in [2.24, 2.45) is 17.8 Å². The molecule has 3 heterocycles. The third-order valence-electron chi connectivity index (χ3n) is 5.32. The van der Waals surface area contributed by atoms with Crippen molar-refractivity contribution in [3.05, 3.63) is 36.4 Å². The summed E-state index contributed by atoms with van der Waals surface area (Å²) in [6, 6.07) is 7.32. The highest BCUT2D eigenvalue weighted by molar-refractivity contribution is 6.02. The zero-order chi connectivity index (χ0) is 18.5. The first kappa shape index (κ1) is 17.1. The lowest BCUT2D eigenvalue weighted by molar-refractivity contribution is -0.153. The van der Waals surface area contributed by atoms with E-state index in [-0.39, 0.29) is 23.9 Å². The van der Waals surface area contributed by atoms with Gasteiger partial charge in [-0.05, 0) is 30.2 Å². The third-order valence-corrected chi connectivity index (χ3v) is 5.32. The third kappa shape index (κ3) is 2.51. The molecule has 0 aliphatic carbocycles. The summed E-state index contributed by atoms with van der Waals surface area (Å²) in [5, 5.41) is 0. The smallest absolute Gasteiger partial charge is 0.312 e. The summed E-state index contributed by atoms with van der Waals surface area (Å²) in [6.45, 7) is 4.72. The highest BCUT2D eigenvalue weighted by atomic mass is 16.6. The Morgan fingerprint density at radius 1 is 1.35 bits per heavy atom. The number of methoxy groups -OCH3 is 1. The molecule has 26 heavy (non-hydrogen) atoms. The molecule has 4 unspecified atom stereocenters. The fourth-order valence-corrected chi connectivity index (χ4v) is 4.09. The zero-order valence-corrected chi connectivity index (χ0v) is 15.2. The maximum atomic E-state index is 13.2. The average molecular weight is 357 g/mol. The van der Waals surface area contributed by atoms with Crippen LogP contribution in [-0.2, 0) is 19.1 Å². The van der Waals surface area contributed by atoms with Gasteiger partial charge in [-0.1, -0.05) is 26.0 Å². The molecule has 4 atom stereocenters. The van der Waals surface area contributed by atoms with E-state index in [1.807, 2.05) is 50.3 Å². The summed E-state index contributed by atoms with van der Waals surface area (Å²) < 4.78 is 16.7. The molecule has 0 aromatic heterocycles. The van der Waals surface area contributed by atoms with Crippen molar-refractivity contribution in [3.63, 3.8) is 0 Å². The van der Waals surface area contributed by atoms with E-state index in [1.165, 1.54) is 0 Å². The van der Waals surface area contributed by atoms with Crippen LogP contribution in [-0.4, -0.2) is 43.8 Å². The molecular weight excluding hydrogens is 334 g/mol. The fraction of sp³-hybridized carbons (Fsp3) is 0.500. The van der Waals surface area contributed by atoms with E-state index in [1.54, 1.807) is 12.0 Å². The number of carbonyl (C=O) groups is 2. The van der Waals surface area contributed by atoms with Gasteiger partial charge >= 0.3 is 5.97 Å². The minimum absolute atomic E-state index is 0.0893. The van der Waals surface area contributed by atoms with Crippen molar-refractivity contribution in [1.82, 2.24) is 0 Å². The standard InChI is InChI=1S/C20H23NO5/c1-12(2)10-25-19(23)16-15-8-9-20(26-15)11-21(18(22)17(16)20)13-4-6-14(24-3)7-5-13/h4-9,12,15-17H,10-11H2,1-3H3. The fourth-order valence-electron chi connectivity index (χ4n) is 4.09. The van der Waals surface area contributed by atoms with E-state index in [4.69, 9.17) is 14.2 Å². The molecule has 6 nitrogen and oxygen atoms in total. The Morgan fingerprint density at radius 2 is 2.08 bits per heavy atom. The number of benzene rings is 1. The molecule has 4 rings (SSSR count). The highest BCUT2D eigenvalue weighted by Crippen LogP contribution is 2.52. The number of hydrogen-bond donors (Lipinski definition) is 0. The first-order chi connectivity index (χ1) is 12.4. The number of carbonyl (C=O) groups excluding carboxylic acids is 2. The van der Waals surface area contributed by atoms with Crippen LogP contribution in [0.3, 0.4) is 0 Å². The Kier molecular flexibility index (Phi) is 4.03. The zero-order valence-electron chi connectivity index (χ0n) is 15.2. The van der Waals surface area contributed by atoms with Crippen LogP contribution in [0.1, 0.15) is 13.8 Å². The van der Waals surface area contributed by atoms with Gasteiger partial charge in [0.05, 0.1) is 32.3 Å².